The van der Waals surface area contributed by atoms with E-state index in [0.717, 1.165) is 22.6 Å². The highest BCUT2D eigenvalue weighted by atomic mass is 32.2. The number of pyridine rings is 1. The first-order valence-corrected chi connectivity index (χ1v) is 10.9. The number of hydrazone groups is 1. The Morgan fingerprint density at radius 2 is 2.06 bits per heavy atom. The summed E-state index contributed by atoms with van der Waals surface area (Å²) < 4.78 is 11.3. The van der Waals surface area contributed by atoms with Gasteiger partial charge in [0.2, 0.25) is 0 Å². The molecule has 1 aliphatic rings. The van der Waals surface area contributed by atoms with E-state index in [4.69, 9.17) is 8.83 Å². The van der Waals surface area contributed by atoms with Crippen molar-refractivity contribution in [1.29, 1.82) is 5.26 Å². The number of rotatable bonds is 5. The molecule has 0 fully saturated rings. The molecule has 0 aromatic carbocycles. The highest BCUT2D eigenvalue weighted by molar-refractivity contribution is 8.00. The second-order valence-electron chi connectivity index (χ2n) is 7.46. The molecule has 0 N–H and O–H groups in total. The zero-order valence-corrected chi connectivity index (χ0v) is 18.6. The molecule has 7 nitrogen and oxygen atoms in total. The normalized spacial score (nSPS) is 15.8. The van der Waals surface area contributed by atoms with E-state index in [9.17, 15) is 10.1 Å². The molecule has 4 heterocycles. The fraction of sp³-hybridized carbons (Fsp3) is 0.304. The number of aryl methyl sites for hydroxylation is 2. The molecule has 31 heavy (non-hydrogen) atoms. The number of hydrogen-bond acceptors (Lipinski definition) is 7. The molecule has 0 saturated heterocycles. The molecule has 1 atom stereocenters. The van der Waals surface area contributed by atoms with Crippen LogP contribution in [0.3, 0.4) is 0 Å². The Hall–Kier alpha value is -3.31. The number of carbonyl (C=O) groups is 1. The molecular weight excluding hydrogens is 412 g/mol. The number of aromatic nitrogens is 1. The fourth-order valence-electron chi connectivity index (χ4n) is 3.52. The maximum Gasteiger partial charge on any atom is 0.253 e. The van der Waals surface area contributed by atoms with Gasteiger partial charge in [-0.3, -0.25) is 4.79 Å². The zero-order chi connectivity index (χ0) is 22.1. The number of nitriles is 1. The van der Waals surface area contributed by atoms with Crippen molar-refractivity contribution in [3.63, 3.8) is 0 Å². The SMILES string of the molecule is Cc1ccc(C2=NN(C(=O)CSc3nc(C)c(C)c(C)c3C#N)[C@@H](c3ccco3)C2)o1. The Balaban J connectivity index is 1.59. The molecule has 0 bridgehead atoms. The molecule has 4 rings (SSSR count). The standard InChI is InChI=1S/C23H22N4O3S/c1-13-7-8-20(30-13)18-10-19(21-6-5-9-29-21)27(26-18)22(28)12-31-23-17(11-24)15(3)14(2)16(4)25-23/h5-9,19H,10,12H2,1-4H3/t19-/m1/s1. The average Bonchev–Trinajstić information content (AvgIpc) is 3.50. The van der Waals surface area contributed by atoms with Crippen LogP contribution in [0.1, 0.15) is 52.1 Å². The number of amides is 1. The van der Waals surface area contributed by atoms with E-state index >= 15 is 0 Å². The minimum absolute atomic E-state index is 0.106. The van der Waals surface area contributed by atoms with E-state index in [1.807, 2.05) is 45.9 Å². The van der Waals surface area contributed by atoms with Gasteiger partial charge in [-0.2, -0.15) is 10.4 Å². The molecule has 1 amide bonds. The fourth-order valence-corrected chi connectivity index (χ4v) is 4.46. The Bertz CT molecular complexity index is 1200. The van der Waals surface area contributed by atoms with Gasteiger partial charge in [-0.15, -0.1) is 0 Å². The Morgan fingerprint density at radius 1 is 1.26 bits per heavy atom. The van der Waals surface area contributed by atoms with Crippen LogP contribution in [0.2, 0.25) is 0 Å². The molecule has 0 unspecified atom stereocenters. The monoisotopic (exact) mass is 434 g/mol. The van der Waals surface area contributed by atoms with Gasteiger partial charge in [0.1, 0.15) is 40.1 Å². The van der Waals surface area contributed by atoms with Crippen LogP contribution in [-0.4, -0.2) is 27.4 Å². The number of carbonyl (C=O) groups excluding carboxylic acids is 1. The van der Waals surface area contributed by atoms with E-state index in [1.165, 1.54) is 16.8 Å². The Labute approximate surface area is 184 Å². The van der Waals surface area contributed by atoms with E-state index in [1.54, 1.807) is 12.3 Å². The van der Waals surface area contributed by atoms with Gasteiger partial charge in [0.25, 0.3) is 5.91 Å². The number of nitrogens with zero attached hydrogens (tertiary/aromatic N) is 4. The third kappa shape index (κ3) is 4.01. The van der Waals surface area contributed by atoms with Crippen LogP contribution in [0.25, 0.3) is 0 Å². The first-order valence-electron chi connectivity index (χ1n) is 9.89. The molecule has 8 heteroatoms. The third-order valence-electron chi connectivity index (χ3n) is 5.47. The van der Waals surface area contributed by atoms with E-state index in [2.05, 4.69) is 16.2 Å². The average molecular weight is 435 g/mol. The minimum Gasteiger partial charge on any atom is -0.467 e. The molecule has 0 saturated carbocycles. The second-order valence-corrected chi connectivity index (χ2v) is 8.42. The molecule has 3 aromatic heterocycles. The van der Waals surface area contributed by atoms with Crippen molar-refractivity contribution in [2.24, 2.45) is 5.10 Å². The molecule has 158 valence electrons. The highest BCUT2D eigenvalue weighted by Gasteiger charge is 2.36. The lowest BCUT2D eigenvalue weighted by Gasteiger charge is -2.20. The second kappa shape index (κ2) is 8.44. The Morgan fingerprint density at radius 3 is 2.71 bits per heavy atom. The lowest BCUT2D eigenvalue weighted by molar-refractivity contribution is -0.130. The zero-order valence-electron chi connectivity index (χ0n) is 17.8. The maximum atomic E-state index is 13.2. The van der Waals surface area contributed by atoms with Crippen molar-refractivity contribution >= 4 is 23.4 Å². The number of thioether (sulfide) groups is 1. The number of hydrogen-bond donors (Lipinski definition) is 0. The predicted octanol–water partition coefficient (Wildman–Crippen LogP) is 4.84. The quantitative estimate of drug-likeness (QED) is 0.533. The Kier molecular flexibility index (Phi) is 5.70. The molecular formula is C23H22N4O3S. The van der Waals surface area contributed by atoms with Gasteiger partial charge < -0.3 is 8.83 Å². The van der Waals surface area contributed by atoms with Crippen molar-refractivity contribution in [1.82, 2.24) is 9.99 Å². The summed E-state index contributed by atoms with van der Waals surface area (Å²) >= 11 is 1.26. The smallest absolute Gasteiger partial charge is 0.253 e. The van der Waals surface area contributed by atoms with Crippen molar-refractivity contribution in [3.05, 3.63) is 70.2 Å². The van der Waals surface area contributed by atoms with Crippen LogP contribution in [0, 0.1) is 39.0 Å². The van der Waals surface area contributed by atoms with Crippen molar-refractivity contribution < 1.29 is 13.6 Å². The summed E-state index contributed by atoms with van der Waals surface area (Å²) in [7, 11) is 0. The van der Waals surface area contributed by atoms with Crippen LogP contribution in [0.15, 0.2) is 49.5 Å². The summed E-state index contributed by atoms with van der Waals surface area (Å²) in [5.41, 5.74) is 3.96. The van der Waals surface area contributed by atoms with Gasteiger partial charge >= 0.3 is 0 Å². The minimum atomic E-state index is -0.339. The molecule has 3 aromatic rings. The van der Waals surface area contributed by atoms with Gasteiger partial charge in [0.15, 0.2) is 0 Å². The molecule has 0 radical (unpaired) electrons. The van der Waals surface area contributed by atoms with Gasteiger partial charge in [-0.25, -0.2) is 9.99 Å². The first-order chi connectivity index (χ1) is 14.9. The van der Waals surface area contributed by atoms with Crippen LogP contribution >= 0.6 is 11.8 Å². The molecule has 0 spiro atoms. The van der Waals surface area contributed by atoms with Crippen LogP contribution in [0.5, 0.6) is 0 Å². The van der Waals surface area contributed by atoms with Gasteiger partial charge in [-0.1, -0.05) is 11.8 Å². The predicted molar refractivity (Wildman–Crippen MR) is 117 cm³/mol. The maximum absolute atomic E-state index is 13.2. The van der Waals surface area contributed by atoms with Crippen LogP contribution < -0.4 is 0 Å². The lowest BCUT2D eigenvalue weighted by atomic mass is 10.1. The van der Waals surface area contributed by atoms with Gasteiger partial charge in [0.05, 0.1) is 17.6 Å². The first kappa shape index (κ1) is 20.9. The highest BCUT2D eigenvalue weighted by Crippen LogP contribution is 2.35. The number of furan rings is 2. The summed E-state index contributed by atoms with van der Waals surface area (Å²) in [5, 5.41) is 16.2. The molecule has 0 aliphatic carbocycles. The van der Waals surface area contributed by atoms with Gasteiger partial charge in [-0.05, 0) is 63.1 Å². The van der Waals surface area contributed by atoms with Crippen molar-refractivity contribution in [2.45, 2.75) is 45.2 Å². The summed E-state index contributed by atoms with van der Waals surface area (Å²) in [4.78, 5) is 17.7. The summed E-state index contributed by atoms with van der Waals surface area (Å²) in [6.45, 7) is 7.63. The van der Waals surface area contributed by atoms with Crippen LogP contribution in [-0.2, 0) is 4.79 Å². The van der Waals surface area contributed by atoms with Crippen molar-refractivity contribution in [3.8, 4) is 6.07 Å². The topological polar surface area (TPSA) is 95.6 Å². The largest absolute Gasteiger partial charge is 0.467 e. The van der Waals surface area contributed by atoms with E-state index < -0.39 is 0 Å². The summed E-state index contributed by atoms with van der Waals surface area (Å²) in [5.74, 6) is 2.02. The lowest BCUT2D eigenvalue weighted by Crippen LogP contribution is -2.28. The van der Waals surface area contributed by atoms with Crippen LogP contribution in [0.4, 0.5) is 0 Å². The van der Waals surface area contributed by atoms with Gasteiger partial charge in [0, 0.05) is 12.1 Å². The molecule has 1 aliphatic heterocycles. The van der Waals surface area contributed by atoms with E-state index in [-0.39, 0.29) is 17.7 Å². The third-order valence-corrected chi connectivity index (χ3v) is 6.43. The summed E-state index contributed by atoms with van der Waals surface area (Å²) in [6, 6.07) is 9.25. The van der Waals surface area contributed by atoms with Crippen molar-refractivity contribution in [2.75, 3.05) is 5.75 Å². The summed E-state index contributed by atoms with van der Waals surface area (Å²) in [6.07, 6.45) is 2.09. The van der Waals surface area contributed by atoms with E-state index in [0.29, 0.717) is 34.2 Å².